The minimum absolute atomic E-state index is 0.303. The van der Waals surface area contributed by atoms with Gasteiger partial charge in [-0.15, -0.1) is 0 Å². The molecule has 0 unspecified atom stereocenters. The molecule has 2 aromatic rings. The van der Waals surface area contributed by atoms with Crippen LogP contribution >= 0.6 is 0 Å². The Labute approximate surface area is 122 Å². The van der Waals surface area contributed by atoms with Gasteiger partial charge in [-0.2, -0.15) is 0 Å². The van der Waals surface area contributed by atoms with E-state index in [1.807, 2.05) is 0 Å². The lowest BCUT2D eigenvalue weighted by Crippen LogP contribution is -2.15. The van der Waals surface area contributed by atoms with Gasteiger partial charge in [0.1, 0.15) is 28.6 Å². The van der Waals surface area contributed by atoms with E-state index in [-0.39, 0.29) is 5.91 Å². The number of aromatic nitrogens is 1. The number of carbonyl (C=O) groups is 1. The first-order valence-electron chi connectivity index (χ1n) is 6.22. The molecule has 6 nitrogen and oxygen atoms in total. The third-order valence-corrected chi connectivity index (χ3v) is 2.85. The van der Waals surface area contributed by atoms with Gasteiger partial charge in [0.15, 0.2) is 0 Å². The van der Waals surface area contributed by atoms with Gasteiger partial charge in [0.2, 0.25) is 0 Å². The molecule has 2 rings (SSSR count). The largest absolute Gasteiger partial charge is 0.496 e. The minimum Gasteiger partial charge on any atom is -0.496 e. The van der Waals surface area contributed by atoms with Gasteiger partial charge >= 0.3 is 0 Å². The standard InChI is InChI=1S/C15H16N2O4/c1-19-10-8-12(20-2)14(13(9-10)21-3)17-15(18)11-6-4-5-7-16-11/h4-9H,1-3H3,(H,17,18). The first kappa shape index (κ1) is 14.6. The van der Waals surface area contributed by atoms with Gasteiger partial charge < -0.3 is 19.5 Å². The third kappa shape index (κ3) is 3.22. The Morgan fingerprint density at radius 1 is 1.05 bits per heavy atom. The van der Waals surface area contributed by atoms with E-state index in [2.05, 4.69) is 10.3 Å². The smallest absolute Gasteiger partial charge is 0.274 e. The summed E-state index contributed by atoms with van der Waals surface area (Å²) in [5.74, 6) is 1.10. The van der Waals surface area contributed by atoms with Crippen LogP contribution in [-0.2, 0) is 0 Å². The zero-order valence-electron chi connectivity index (χ0n) is 12.0. The molecular formula is C15H16N2O4. The summed E-state index contributed by atoms with van der Waals surface area (Å²) in [5.41, 5.74) is 0.730. The highest BCUT2D eigenvalue weighted by molar-refractivity contribution is 6.04. The molecule has 0 saturated heterocycles. The van der Waals surface area contributed by atoms with Crippen LogP contribution in [0.25, 0.3) is 0 Å². The van der Waals surface area contributed by atoms with Crippen LogP contribution in [0.3, 0.4) is 0 Å². The minimum atomic E-state index is -0.350. The predicted octanol–water partition coefficient (Wildman–Crippen LogP) is 2.36. The average Bonchev–Trinajstić information content (AvgIpc) is 2.55. The molecule has 21 heavy (non-hydrogen) atoms. The van der Waals surface area contributed by atoms with E-state index in [9.17, 15) is 4.79 Å². The molecule has 0 aliphatic carbocycles. The van der Waals surface area contributed by atoms with Crippen molar-refractivity contribution in [1.29, 1.82) is 0 Å². The van der Waals surface area contributed by atoms with Crippen molar-refractivity contribution in [2.24, 2.45) is 0 Å². The number of nitrogens with zero attached hydrogens (tertiary/aromatic N) is 1. The number of amides is 1. The van der Waals surface area contributed by atoms with E-state index in [0.29, 0.717) is 28.6 Å². The number of methoxy groups -OCH3 is 3. The lowest BCUT2D eigenvalue weighted by molar-refractivity contribution is 0.102. The second-order valence-corrected chi connectivity index (χ2v) is 4.08. The molecule has 0 saturated carbocycles. The molecule has 0 spiro atoms. The number of rotatable bonds is 5. The summed E-state index contributed by atoms with van der Waals surface area (Å²) in [5, 5.41) is 2.74. The van der Waals surface area contributed by atoms with Gasteiger partial charge in [0.25, 0.3) is 5.91 Å². The summed E-state index contributed by atoms with van der Waals surface area (Å²) < 4.78 is 15.7. The molecule has 0 aliphatic rings. The number of pyridine rings is 1. The van der Waals surface area contributed by atoms with Gasteiger partial charge in [-0.05, 0) is 12.1 Å². The van der Waals surface area contributed by atoms with Gasteiger partial charge in [-0.1, -0.05) is 6.07 Å². The van der Waals surface area contributed by atoms with E-state index in [1.54, 1.807) is 43.6 Å². The van der Waals surface area contributed by atoms with Crippen molar-refractivity contribution >= 4 is 11.6 Å². The highest BCUT2D eigenvalue weighted by Gasteiger charge is 2.17. The summed E-state index contributed by atoms with van der Waals surface area (Å²) >= 11 is 0. The van der Waals surface area contributed by atoms with Crippen molar-refractivity contribution in [3.05, 3.63) is 42.2 Å². The van der Waals surface area contributed by atoms with Crippen LogP contribution < -0.4 is 19.5 Å². The van der Waals surface area contributed by atoms with E-state index < -0.39 is 0 Å². The second-order valence-electron chi connectivity index (χ2n) is 4.08. The maximum atomic E-state index is 12.2. The van der Waals surface area contributed by atoms with Crippen LogP contribution in [0.4, 0.5) is 5.69 Å². The molecule has 6 heteroatoms. The molecule has 1 N–H and O–H groups in total. The highest BCUT2D eigenvalue weighted by Crippen LogP contribution is 2.39. The lowest BCUT2D eigenvalue weighted by Gasteiger charge is -2.15. The van der Waals surface area contributed by atoms with Gasteiger partial charge in [-0.25, -0.2) is 0 Å². The molecular weight excluding hydrogens is 272 g/mol. The number of hydrogen-bond donors (Lipinski definition) is 1. The van der Waals surface area contributed by atoms with Crippen molar-refractivity contribution in [1.82, 2.24) is 4.98 Å². The van der Waals surface area contributed by atoms with Crippen LogP contribution in [0.1, 0.15) is 10.5 Å². The normalized spacial score (nSPS) is 9.86. The second kappa shape index (κ2) is 6.60. The van der Waals surface area contributed by atoms with E-state index in [0.717, 1.165) is 0 Å². The van der Waals surface area contributed by atoms with Crippen molar-refractivity contribution in [2.45, 2.75) is 0 Å². The molecule has 1 aromatic carbocycles. The van der Waals surface area contributed by atoms with Crippen molar-refractivity contribution in [2.75, 3.05) is 26.6 Å². The molecule has 0 radical (unpaired) electrons. The van der Waals surface area contributed by atoms with Crippen LogP contribution in [0.5, 0.6) is 17.2 Å². The predicted molar refractivity (Wildman–Crippen MR) is 78.3 cm³/mol. The summed E-state index contributed by atoms with van der Waals surface area (Å²) in [6, 6.07) is 8.43. The molecule has 0 atom stereocenters. The Bertz CT molecular complexity index is 604. The molecule has 1 aromatic heterocycles. The zero-order chi connectivity index (χ0) is 15.2. The van der Waals surface area contributed by atoms with Crippen LogP contribution in [0, 0.1) is 0 Å². The Hall–Kier alpha value is -2.76. The van der Waals surface area contributed by atoms with Crippen molar-refractivity contribution < 1.29 is 19.0 Å². The number of carbonyl (C=O) groups excluding carboxylic acids is 1. The van der Waals surface area contributed by atoms with Gasteiger partial charge in [0, 0.05) is 18.3 Å². The third-order valence-electron chi connectivity index (χ3n) is 2.85. The monoisotopic (exact) mass is 288 g/mol. The first-order valence-corrected chi connectivity index (χ1v) is 6.22. The van der Waals surface area contributed by atoms with Crippen LogP contribution in [0.15, 0.2) is 36.5 Å². The Balaban J connectivity index is 2.36. The average molecular weight is 288 g/mol. The van der Waals surface area contributed by atoms with Crippen molar-refractivity contribution in [3.63, 3.8) is 0 Å². The topological polar surface area (TPSA) is 69.7 Å². The molecule has 0 aliphatic heterocycles. The van der Waals surface area contributed by atoms with Crippen LogP contribution in [0.2, 0.25) is 0 Å². The highest BCUT2D eigenvalue weighted by atomic mass is 16.5. The van der Waals surface area contributed by atoms with Crippen molar-refractivity contribution in [3.8, 4) is 17.2 Å². The fourth-order valence-corrected chi connectivity index (χ4v) is 1.80. The van der Waals surface area contributed by atoms with E-state index in [1.165, 1.54) is 14.2 Å². The number of hydrogen-bond acceptors (Lipinski definition) is 5. The number of nitrogens with one attached hydrogen (secondary N) is 1. The summed E-state index contributed by atoms with van der Waals surface area (Å²) in [6.07, 6.45) is 1.55. The van der Waals surface area contributed by atoms with Crippen LogP contribution in [-0.4, -0.2) is 32.2 Å². The quantitative estimate of drug-likeness (QED) is 0.914. The Morgan fingerprint density at radius 3 is 2.19 bits per heavy atom. The van der Waals surface area contributed by atoms with Gasteiger partial charge in [-0.3, -0.25) is 9.78 Å². The molecule has 110 valence electrons. The maximum Gasteiger partial charge on any atom is 0.274 e. The lowest BCUT2D eigenvalue weighted by atomic mass is 10.2. The zero-order valence-corrected chi connectivity index (χ0v) is 12.0. The molecule has 1 amide bonds. The number of anilines is 1. The maximum absolute atomic E-state index is 12.2. The fraction of sp³-hybridized carbons (Fsp3) is 0.200. The number of benzene rings is 1. The number of ether oxygens (including phenoxy) is 3. The summed E-state index contributed by atoms with van der Waals surface area (Å²) in [6.45, 7) is 0. The first-order chi connectivity index (χ1) is 10.2. The van der Waals surface area contributed by atoms with E-state index in [4.69, 9.17) is 14.2 Å². The molecule has 0 bridgehead atoms. The fourth-order valence-electron chi connectivity index (χ4n) is 1.80. The molecule has 0 fully saturated rings. The Morgan fingerprint density at radius 2 is 1.71 bits per heavy atom. The summed E-state index contributed by atoms with van der Waals surface area (Å²) in [7, 11) is 4.55. The SMILES string of the molecule is COc1cc(OC)c(NC(=O)c2ccccn2)c(OC)c1. The summed E-state index contributed by atoms with van der Waals surface area (Å²) in [4.78, 5) is 16.2. The molecule has 1 heterocycles. The van der Waals surface area contributed by atoms with Gasteiger partial charge in [0.05, 0.1) is 21.3 Å². The Kier molecular flexibility index (Phi) is 4.61. The van der Waals surface area contributed by atoms with E-state index >= 15 is 0 Å².